The van der Waals surface area contributed by atoms with E-state index in [1.165, 1.54) is 6.07 Å². The second-order valence-electron chi connectivity index (χ2n) is 8.37. The molecule has 0 bridgehead atoms. The van der Waals surface area contributed by atoms with Crippen molar-refractivity contribution in [2.24, 2.45) is 0 Å². The highest BCUT2D eigenvalue weighted by molar-refractivity contribution is 5.95. The summed E-state index contributed by atoms with van der Waals surface area (Å²) in [5.74, 6) is -0.413. The first-order chi connectivity index (χ1) is 14.5. The number of pyridine rings is 1. The molecule has 3 aliphatic heterocycles. The van der Waals surface area contributed by atoms with Crippen LogP contribution in [-0.2, 0) is 9.53 Å². The van der Waals surface area contributed by atoms with Crippen LogP contribution in [0, 0.1) is 12.7 Å². The van der Waals surface area contributed by atoms with Crippen molar-refractivity contribution >= 4 is 11.8 Å². The molecule has 2 amide bonds. The predicted octanol–water partition coefficient (Wildman–Crippen LogP) is 3.22. The minimum atomic E-state index is -0.881. The lowest BCUT2D eigenvalue weighted by molar-refractivity contribution is -0.142. The molecule has 156 valence electrons. The third kappa shape index (κ3) is 2.99. The van der Waals surface area contributed by atoms with E-state index in [9.17, 15) is 14.0 Å². The molecule has 0 N–H and O–H groups in total. The van der Waals surface area contributed by atoms with Gasteiger partial charge < -0.3 is 14.5 Å². The number of piperidine rings is 1. The molecule has 0 saturated carbocycles. The third-order valence-electron chi connectivity index (χ3n) is 6.63. The Balaban J connectivity index is 1.31. The lowest BCUT2D eigenvalue weighted by atomic mass is 9.89. The summed E-state index contributed by atoms with van der Waals surface area (Å²) in [5, 5.41) is 0. The molecule has 2 atom stereocenters. The van der Waals surface area contributed by atoms with E-state index in [4.69, 9.17) is 4.74 Å². The number of hydrogen-bond donors (Lipinski definition) is 0. The van der Waals surface area contributed by atoms with Crippen LogP contribution in [-0.4, -0.2) is 51.5 Å². The number of rotatable bonds is 2. The van der Waals surface area contributed by atoms with Gasteiger partial charge in [-0.05, 0) is 43.5 Å². The largest absolute Gasteiger partial charge is 0.342 e. The third-order valence-corrected chi connectivity index (χ3v) is 6.63. The summed E-state index contributed by atoms with van der Waals surface area (Å²) in [4.78, 5) is 33.8. The van der Waals surface area contributed by atoms with Crippen LogP contribution in [0.5, 0.6) is 0 Å². The number of benzene rings is 1. The normalized spacial score (nSPS) is 25.1. The van der Waals surface area contributed by atoms with E-state index in [0.717, 1.165) is 12.8 Å². The molecule has 0 aliphatic carbocycles. The van der Waals surface area contributed by atoms with E-state index in [2.05, 4.69) is 4.98 Å². The highest BCUT2D eigenvalue weighted by Gasteiger charge is 2.58. The molecule has 1 aromatic heterocycles. The molecule has 2 unspecified atom stereocenters. The number of aryl methyl sites for hydroxylation is 1. The Morgan fingerprint density at radius 1 is 1.20 bits per heavy atom. The Labute approximate surface area is 174 Å². The second kappa shape index (κ2) is 7.16. The minimum absolute atomic E-state index is 0.0181. The summed E-state index contributed by atoms with van der Waals surface area (Å²) in [6.07, 6.45) is 3.78. The fourth-order valence-corrected chi connectivity index (χ4v) is 4.91. The summed E-state index contributed by atoms with van der Waals surface area (Å²) in [5.41, 5.74) is 0.838. The van der Waals surface area contributed by atoms with Crippen molar-refractivity contribution in [1.82, 2.24) is 14.8 Å². The lowest BCUT2D eigenvalue weighted by Gasteiger charge is -2.37. The predicted molar refractivity (Wildman–Crippen MR) is 107 cm³/mol. The Hall–Kier alpha value is -2.80. The van der Waals surface area contributed by atoms with E-state index in [-0.39, 0.29) is 29.9 Å². The monoisotopic (exact) mass is 409 g/mol. The van der Waals surface area contributed by atoms with Crippen LogP contribution in [0.2, 0.25) is 0 Å². The van der Waals surface area contributed by atoms with E-state index < -0.39 is 5.60 Å². The van der Waals surface area contributed by atoms with Crippen LogP contribution in [0.15, 0.2) is 42.6 Å². The zero-order chi connectivity index (χ0) is 20.9. The van der Waals surface area contributed by atoms with Gasteiger partial charge in [-0.15, -0.1) is 0 Å². The molecule has 5 rings (SSSR count). The van der Waals surface area contributed by atoms with Gasteiger partial charge in [-0.3, -0.25) is 14.6 Å². The smallest absolute Gasteiger partial charge is 0.257 e. The first-order valence-electron chi connectivity index (χ1n) is 10.5. The number of carbonyl (C=O) groups is 2. The van der Waals surface area contributed by atoms with Gasteiger partial charge in [0.2, 0.25) is 0 Å². The summed E-state index contributed by atoms with van der Waals surface area (Å²) in [7, 11) is 0. The van der Waals surface area contributed by atoms with E-state index >= 15 is 0 Å². The van der Waals surface area contributed by atoms with Crippen molar-refractivity contribution in [3.05, 3.63) is 65.2 Å². The molecular formula is C23H24FN3O3. The lowest BCUT2D eigenvalue weighted by Crippen LogP contribution is -2.51. The van der Waals surface area contributed by atoms with Gasteiger partial charge in [-0.2, -0.15) is 0 Å². The van der Waals surface area contributed by atoms with Crippen molar-refractivity contribution in [2.45, 2.75) is 50.5 Å². The number of ether oxygens (including phenoxy) is 1. The van der Waals surface area contributed by atoms with Gasteiger partial charge >= 0.3 is 0 Å². The van der Waals surface area contributed by atoms with Crippen molar-refractivity contribution < 1.29 is 18.7 Å². The highest BCUT2D eigenvalue weighted by Crippen LogP contribution is 2.47. The first-order valence-corrected chi connectivity index (χ1v) is 10.5. The van der Waals surface area contributed by atoms with Crippen molar-refractivity contribution in [3.63, 3.8) is 0 Å². The van der Waals surface area contributed by atoms with Crippen LogP contribution < -0.4 is 0 Å². The zero-order valence-corrected chi connectivity index (χ0v) is 16.9. The minimum Gasteiger partial charge on any atom is -0.342 e. The number of carbonyl (C=O) groups excluding carboxylic acids is 2. The maximum Gasteiger partial charge on any atom is 0.257 e. The van der Waals surface area contributed by atoms with Gasteiger partial charge in [-0.1, -0.05) is 18.2 Å². The van der Waals surface area contributed by atoms with E-state index in [0.29, 0.717) is 42.8 Å². The van der Waals surface area contributed by atoms with Gasteiger partial charge in [0, 0.05) is 37.7 Å². The molecule has 30 heavy (non-hydrogen) atoms. The number of hydrogen-bond acceptors (Lipinski definition) is 4. The fraction of sp³-hybridized carbons (Fsp3) is 0.435. The number of fused-ring (bicyclic) bond motifs is 1. The molecule has 3 saturated heterocycles. The molecule has 0 radical (unpaired) electrons. The Bertz CT molecular complexity index is 988. The summed E-state index contributed by atoms with van der Waals surface area (Å²) < 4.78 is 20.3. The summed E-state index contributed by atoms with van der Waals surface area (Å²) in [6, 6.07) is 10.5. The van der Waals surface area contributed by atoms with Crippen molar-refractivity contribution in [1.29, 1.82) is 0 Å². The number of nitrogens with zero attached hydrogens (tertiary/aromatic N) is 3. The van der Waals surface area contributed by atoms with E-state index in [1.807, 2.05) is 18.2 Å². The summed E-state index contributed by atoms with van der Waals surface area (Å²) >= 11 is 0. The molecule has 7 heteroatoms. The molecule has 1 spiro atoms. The second-order valence-corrected chi connectivity index (χ2v) is 8.37. The van der Waals surface area contributed by atoms with Crippen molar-refractivity contribution in [3.8, 4) is 0 Å². The maximum atomic E-state index is 14.0. The molecule has 3 fully saturated rings. The number of aromatic nitrogens is 1. The quantitative estimate of drug-likeness (QED) is 0.764. The van der Waals surface area contributed by atoms with Gasteiger partial charge in [0.05, 0.1) is 11.7 Å². The Morgan fingerprint density at radius 3 is 2.63 bits per heavy atom. The van der Waals surface area contributed by atoms with Gasteiger partial charge in [0.25, 0.3) is 11.8 Å². The standard InChI is InChI=1S/C23H24FN3O3/c1-15-18(24)13-17(14-25-15)19-7-8-20-27(19)22(29)23(30-20)9-11-26(12-10-23)21(28)16-5-3-2-4-6-16/h2-6,13-14,19-20H,7-12H2,1H3. The fourth-order valence-electron chi connectivity index (χ4n) is 4.91. The molecule has 3 aliphatic rings. The van der Waals surface area contributed by atoms with Gasteiger partial charge in [-0.25, -0.2) is 4.39 Å². The topological polar surface area (TPSA) is 62.7 Å². The Kier molecular flexibility index (Phi) is 4.58. The molecule has 1 aromatic carbocycles. The van der Waals surface area contributed by atoms with Crippen LogP contribution in [0.25, 0.3) is 0 Å². The van der Waals surface area contributed by atoms with Crippen LogP contribution in [0.3, 0.4) is 0 Å². The zero-order valence-electron chi connectivity index (χ0n) is 16.9. The van der Waals surface area contributed by atoms with Crippen LogP contribution in [0.1, 0.15) is 53.3 Å². The van der Waals surface area contributed by atoms with Crippen LogP contribution in [0.4, 0.5) is 4.39 Å². The average Bonchev–Trinajstić information content (AvgIpc) is 3.29. The molecule has 2 aromatic rings. The maximum absolute atomic E-state index is 14.0. The highest BCUT2D eigenvalue weighted by atomic mass is 19.1. The van der Waals surface area contributed by atoms with E-state index in [1.54, 1.807) is 35.1 Å². The number of amides is 2. The number of likely N-dealkylation sites (tertiary alicyclic amines) is 1. The first kappa shape index (κ1) is 19.2. The molecule has 6 nitrogen and oxygen atoms in total. The van der Waals surface area contributed by atoms with Crippen LogP contribution >= 0.6 is 0 Å². The molecule has 4 heterocycles. The average molecular weight is 409 g/mol. The Morgan fingerprint density at radius 2 is 1.93 bits per heavy atom. The number of halogens is 1. The van der Waals surface area contributed by atoms with Gasteiger partial charge in [0.15, 0.2) is 5.60 Å². The molecular weight excluding hydrogens is 385 g/mol. The summed E-state index contributed by atoms with van der Waals surface area (Å²) in [6.45, 7) is 2.58. The van der Waals surface area contributed by atoms with Crippen molar-refractivity contribution in [2.75, 3.05) is 13.1 Å². The SMILES string of the molecule is Cc1ncc(C2CCC3OC4(CCN(C(=O)c5ccccc5)CC4)C(=O)N32)cc1F. The van der Waals surface area contributed by atoms with Gasteiger partial charge in [0.1, 0.15) is 12.0 Å².